The predicted octanol–water partition coefficient (Wildman–Crippen LogP) is 14.5. The van der Waals surface area contributed by atoms with Crippen molar-refractivity contribution in [2.24, 2.45) is 0 Å². The number of hydrogen-bond acceptors (Lipinski definition) is 5. The number of aliphatic hydroxyl groups excluding tert-OH is 2. The average Bonchev–Trinajstić information content (AvgIpc) is 3.20. The standard InChI is InChI=1S/C51H95NO5/c1-4-7-10-13-16-19-21-23-24-25-26-27-28-31-33-36-39-42-47(57-51(56)44-41-38-35-30-18-15-12-9-6-3)45-50(55)52-48(46-53)49(54)43-40-37-34-32-29-22-20-17-14-11-8-5-2/h16,19,23-24,26-27,47-49,53-54H,4-15,17-18,20-22,25,28-46H2,1-3H3,(H,52,55)/b19-16-,24-23-,27-26-. The zero-order valence-corrected chi connectivity index (χ0v) is 38.0. The Morgan fingerprint density at radius 1 is 0.509 bits per heavy atom. The highest BCUT2D eigenvalue weighted by molar-refractivity contribution is 5.77. The van der Waals surface area contributed by atoms with Crippen molar-refractivity contribution in [1.82, 2.24) is 5.32 Å². The Labute approximate surface area is 353 Å². The molecule has 0 rings (SSSR count). The Balaban J connectivity index is 4.59. The van der Waals surface area contributed by atoms with Crippen LogP contribution < -0.4 is 5.32 Å². The van der Waals surface area contributed by atoms with Gasteiger partial charge in [-0.15, -0.1) is 0 Å². The molecule has 0 aromatic carbocycles. The van der Waals surface area contributed by atoms with Gasteiger partial charge in [-0.2, -0.15) is 0 Å². The van der Waals surface area contributed by atoms with Gasteiger partial charge in [-0.25, -0.2) is 0 Å². The summed E-state index contributed by atoms with van der Waals surface area (Å²) in [6.07, 6.45) is 52.0. The van der Waals surface area contributed by atoms with Crippen LogP contribution in [-0.4, -0.2) is 46.9 Å². The summed E-state index contributed by atoms with van der Waals surface area (Å²) in [6, 6.07) is -0.704. The van der Waals surface area contributed by atoms with Crippen LogP contribution in [0, 0.1) is 0 Å². The van der Waals surface area contributed by atoms with Crippen molar-refractivity contribution in [3.8, 4) is 0 Å². The molecule has 3 atom stereocenters. The number of aliphatic hydroxyl groups is 2. The molecule has 57 heavy (non-hydrogen) atoms. The number of ether oxygens (including phenoxy) is 1. The van der Waals surface area contributed by atoms with E-state index >= 15 is 0 Å². The fourth-order valence-corrected chi connectivity index (χ4v) is 7.44. The first-order valence-electron chi connectivity index (χ1n) is 24.7. The number of allylic oxidation sites excluding steroid dienone is 6. The SMILES string of the molecule is CCCCC/C=C\C/C=C\C/C=C\CCCCCCC(CC(=O)NC(CO)C(O)CCCCCCCCCCCCCC)OC(=O)CCCCCCCCCCC. The Morgan fingerprint density at radius 3 is 1.39 bits per heavy atom. The quantitative estimate of drug-likeness (QED) is 0.0324. The van der Waals surface area contributed by atoms with E-state index in [1.807, 2.05) is 0 Å². The minimum Gasteiger partial charge on any atom is -0.462 e. The molecule has 0 aliphatic carbocycles. The van der Waals surface area contributed by atoms with E-state index < -0.39 is 18.2 Å². The molecule has 3 unspecified atom stereocenters. The fraction of sp³-hybridized carbons (Fsp3) is 0.843. The van der Waals surface area contributed by atoms with E-state index in [0.717, 1.165) is 83.5 Å². The van der Waals surface area contributed by atoms with Gasteiger partial charge in [-0.05, 0) is 64.2 Å². The molecule has 0 aliphatic heterocycles. The van der Waals surface area contributed by atoms with Crippen LogP contribution in [0.4, 0.5) is 0 Å². The molecule has 3 N–H and O–H groups in total. The van der Waals surface area contributed by atoms with E-state index in [-0.39, 0.29) is 24.9 Å². The summed E-state index contributed by atoms with van der Waals surface area (Å²) in [7, 11) is 0. The third-order valence-corrected chi connectivity index (χ3v) is 11.2. The van der Waals surface area contributed by atoms with E-state index in [0.29, 0.717) is 19.3 Å². The van der Waals surface area contributed by atoms with Gasteiger partial charge < -0.3 is 20.3 Å². The van der Waals surface area contributed by atoms with Gasteiger partial charge >= 0.3 is 5.97 Å². The van der Waals surface area contributed by atoms with Gasteiger partial charge in [-0.1, -0.05) is 211 Å². The molecule has 0 aromatic heterocycles. The average molecular weight is 802 g/mol. The number of hydrogen-bond donors (Lipinski definition) is 3. The number of carbonyl (C=O) groups excluding carboxylic acids is 2. The normalized spacial score (nSPS) is 13.6. The summed E-state index contributed by atoms with van der Waals surface area (Å²) in [5, 5.41) is 23.7. The first-order chi connectivity index (χ1) is 28.0. The zero-order chi connectivity index (χ0) is 41.7. The van der Waals surface area contributed by atoms with Crippen LogP contribution in [0.3, 0.4) is 0 Å². The molecule has 1 amide bonds. The first kappa shape index (κ1) is 55.1. The van der Waals surface area contributed by atoms with Crippen molar-refractivity contribution in [3.05, 3.63) is 36.5 Å². The molecule has 0 spiro atoms. The van der Waals surface area contributed by atoms with Gasteiger partial charge in [0.05, 0.1) is 25.2 Å². The molecule has 0 radical (unpaired) electrons. The molecule has 0 heterocycles. The molecular formula is C51H95NO5. The van der Waals surface area contributed by atoms with Gasteiger partial charge in [0.2, 0.25) is 5.91 Å². The van der Waals surface area contributed by atoms with Crippen molar-refractivity contribution in [1.29, 1.82) is 0 Å². The lowest BCUT2D eigenvalue weighted by Crippen LogP contribution is -2.46. The van der Waals surface area contributed by atoms with Gasteiger partial charge in [-0.3, -0.25) is 9.59 Å². The third kappa shape index (κ3) is 40.6. The summed E-state index contributed by atoms with van der Waals surface area (Å²) < 4.78 is 5.90. The molecule has 0 saturated carbocycles. The Morgan fingerprint density at radius 2 is 0.895 bits per heavy atom. The molecule has 0 aromatic rings. The number of rotatable bonds is 44. The summed E-state index contributed by atoms with van der Waals surface area (Å²) >= 11 is 0. The van der Waals surface area contributed by atoms with Crippen LogP contribution in [-0.2, 0) is 14.3 Å². The van der Waals surface area contributed by atoms with Crippen molar-refractivity contribution in [2.75, 3.05) is 6.61 Å². The maximum Gasteiger partial charge on any atom is 0.306 e. The Bertz CT molecular complexity index is 946. The van der Waals surface area contributed by atoms with Gasteiger partial charge in [0.1, 0.15) is 6.10 Å². The minimum absolute atomic E-state index is 0.0657. The second-order valence-electron chi connectivity index (χ2n) is 16.9. The number of esters is 1. The summed E-state index contributed by atoms with van der Waals surface area (Å²) in [5.74, 6) is -0.491. The summed E-state index contributed by atoms with van der Waals surface area (Å²) in [5.41, 5.74) is 0. The highest BCUT2D eigenvalue weighted by atomic mass is 16.5. The number of amides is 1. The van der Waals surface area contributed by atoms with E-state index in [4.69, 9.17) is 4.74 Å². The summed E-state index contributed by atoms with van der Waals surface area (Å²) in [4.78, 5) is 26.0. The molecule has 334 valence electrons. The van der Waals surface area contributed by atoms with Crippen LogP contribution in [0.15, 0.2) is 36.5 Å². The molecule has 0 aliphatic rings. The topological polar surface area (TPSA) is 95.9 Å². The lowest BCUT2D eigenvalue weighted by molar-refractivity contribution is -0.151. The molecule has 0 bridgehead atoms. The Kier molecular flexibility index (Phi) is 43.6. The predicted molar refractivity (Wildman–Crippen MR) is 246 cm³/mol. The molecule has 0 fully saturated rings. The lowest BCUT2D eigenvalue weighted by atomic mass is 10.0. The summed E-state index contributed by atoms with van der Waals surface area (Å²) in [6.45, 7) is 6.43. The van der Waals surface area contributed by atoms with Gasteiger partial charge in [0.25, 0.3) is 0 Å². The molecule has 6 heteroatoms. The third-order valence-electron chi connectivity index (χ3n) is 11.2. The van der Waals surface area contributed by atoms with Crippen LogP contribution in [0.25, 0.3) is 0 Å². The molecular weight excluding hydrogens is 707 g/mol. The zero-order valence-electron chi connectivity index (χ0n) is 38.0. The van der Waals surface area contributed by atoms with Gasteiger partial charge in [0, 0.05) is 6.42 Å². The maximum atomic E-state index is 13.2. The van der Waals surface area contributed by atoms with Crippen molar-refractivity contribution in [2.45, 2.75) is 270 Å². The van der Waals surface area contributed by atoms with E-state index in [1.54, 1.807) is 0 Å². The number of carbonyl (C=O) groups is 2. The van der Waals surface area contributed by atoms with Crippen molar-refractivity contribution < 1.29 is 24.5 Å². The lowest BCUT2D eigenvalue weighted by Gasteiger charge is -2.24. The van der Waals surface area contributed by atoms with Gasteiger partial charge in [0.15, 0.2) is 0 Å². The number of nitrogens with one attached hydrogen (secondary N) is 1. The monoisotopic (exact) mass is 802 g/mol. The van der Waals surface area contributed by atoms with E-state index in [1.165, 1.54) is 122 Å². The number of unbranched alkanes of at least 4 members (excludes halogenated alkanes) is 26. The minimum atomic E-state index is -0.790. The second kappa shape index (κ2) is 45.2. The van der Waals surface area contributed by atoms with Crippen LogP contribution >= 0.6 is 0 Å². The maximum absolute atomic E-state index is 13.2. The Hall–Kier alpha value is -1.92. The van der Waals surface area contributed by atoms with E-state index in [9.17, 15) is 19.8 Å². The molecule has 0 saturated heterocycles. The second-order valence-corrected chi connectivity index (χ2v) is 16.9. The highest BCUT2D eigenvalue weighted by Gasteiger charge is 2.24. The highest BCUT2D eigenvalue weighted by Crippen LogP contribution is 2.17. The smallest absolute Gasteiger partial charge is 0.306 e. The first-order valence-corrected chi connectivity index (χ1v) is 24.7. The van der Waals surface area contributed by atoms with Crippen LogP contribution in [0.2, 0.25) is 0 Å². The van der Waals surface area contributed by atoms with Crippen molar-refractivity contribution in [3.63, 3.8) is 0 Å². The largest absolute Gasteiger partial charge is 0.462 e. The van der Waals surface area contributed by atoms with Crippen LogP contribution in [0.1, 0.15) is 252 Å². The van der Waals surface area contributed by atoms with Crippen molar-refractivity contribution >= 4 is 11.9 Å². The fourth-order valence-electron chi connectivity index (χ4n) is 7.44. The molecule has 6 nitrogen and oxygen atoms in total. The van der Waals surface area contributed by atoms with Crippen LogP contribution in [0.5, 0.6) is 0 Å². The van der Waals surface area contributed by atoms with E-state index in [2.05, 4.69) is 62.5 Å².